The minimum absolute atomic E-state index is 0.0265. The summed E-state index contributed by atoms with van der Waals surface area (Å²) in [4.78, 5) is 0. The van der Waals surface area contributed by atoms with Gasteiger partial charge in [0, 0.05) is 13.2 Å². The molecule has 0 aromatic heterocycles. The highest BCUT2D eigenvalue weighted by molar-refractivity contribution is 4.84. The third-order valence-corrected chi connectivity index (χ3v) is 4.54. The van der Waals surface area contributed by atoms with Crippen LogP contribution >= 0.6 is 0 Å². The van der Waals surface area contributed by atoms with Crippen molar-refractivity contribution in [3.63, 3.8) is 0 Å². The second-order valence-corrected chi connectivity index (χ2v) is 6.27. The monoisotopic (exact) mass is 269 g/mol. The summed E-state index contributed by atoms with van der Waals surface area (Å²) >= 11 is 0. The van der Waals surface area contributed by atoms with Crippen LogP contribution in [0.15, 0.2) is 0 Å². The predicted molar refractivity (Wildman–Crippen MR) is 83.4 cm³/mol. The van der Waals surface area contributed by atoms with Gasteiger partial charge in [-0.15, -0.1) is 0 Å². The van der Waals surface area contributed by atoms with E-state index in [4.69, 9.17) is 10.5 Å². The SMILES string of the molecule is CCCCCCCCCOC1(CN)CCCCCC1. The molecule has 2 heteroatoms. The Morgan fingerprint density at radius 3 is 2.00 bits per heavy atom. The van der Waals surface area contributed by atoms with Gasteiger partial charge in [-0.3, -0.25) is 0 Å². The summed E-state index contributed by atoms with van der Waals surface area (Å²) in [7, 11) is 0. The van der Waals surface area contributed by atoms with E-state index < -0.39 is 0 Å². The van der Waals surface area contributed by atoms with Crippen molar-refractivity contribution >= 4 is 0 Å². The molecular weight excluding hydrogens is 234 g/mol. The molecule has 2 nitrogen and oxygen atoms in total. The molecule has 0 radical (unpaired) electrons. The van der Waals surface area contributed by atoms with Crippen molar-refractivity contribution < 1.29 is 4.74 Å². The molecule has 1 saturated carbocycles. The Bertz CT molecular complexity index is 197. The van der Waals surface area contributed by atoms with Gasteiger partial charge in [-0.1, -0.05) is 71.1 Å². The Balaban J connectivity index is 2.05. The maximum absolute atomic E-state index is 6.20. The number of hydrogen-bond acceptors (Lipinski definition) is 2. The van der Waals surface area contributed by atoms with Gasteiger partial charge in [0.1, 0.15) is 0 Å². The lowest BCUT2D eigenvalue weighted by molar-refractivity contribution is -0.0507. The van der Waals surface area contributed by atoms with Crippen molar-refractivity contribution in [2.24, 2.45) is 5.73 Å². The Morgan fingerprint density at radius 2 is 1.42 bits per heavy atom. The molecule has 0 atom stereocenters. The number of rotatable bonds is 10. The van der Waals surface area contributed by atoms with Gasteiger partial charge in [0.25, 0.3) is 0 Å². The van der Waals surface area contributed by atoms with Crippen LogP contribution in [-0.4, -0.2) is 18.8 Å². The van der Waals surface area contributed by atoms with Crippen LogP contribution in [0.2, 0.25) is 0 Å². The molecule has 1 fully saturated rings. The third-order valence-electron chi connectivity index (χ3n) is 4.54. The van der Waals surface area contributed by atoms with Gasteiger partial charge in [-0.2, -0.15) is 0 Å². The van der Waals surface area contributed by atoms with Gasteiger partial charge < -0.3 is 10.5 Å². The first-order valence-corrected chi connectivity index (χ1v) is 8.67. The van der Waals surface area contributed by atoms with E-state index in [2.05, 4.69) is 6.92 Å². The fourth-order valence-electron chi connectivity index (χ4n) is 3.13. The first-order valence-electron chi connectivity index (χ1n) is 8.67. The molecule has 114 valence electrons. The molecule has 0 amide bonds. The second kappa shape index (κ2) is 10.7. The van der Waals surface area contributed by atoms with E-state index in [9.17, 15) is 0 Å². The molecule has 19 heavy (non-hydrogen) atoms. The van der Waals surface area contributed by atoms with E-state index in [0.717, 1.165) is 6.61 Å². The van der Waals surface area contributed by atoms with Crippen molar-refractivity contribution in [3.8, 4) is 0 Å². The Hall–Kier alpha value is -0.0800. The third kappa shape index (κ3) is 7.31. The number of ether oxygens (including phenoxy) is 1. The zero-order chi connectivity index (χ0) is 13.8. The molecule has 1 aliphatic rings. The highest BCUT2D eigenvalue weighted by atomic mass is 16.5. The fourth-order valence-corrected chi connectivity index (χ4v) is 3.13. The van der Waals surface area contributed by atoms with Gasteiger partial charge in [0.15, 0.2) is 0 Å². The number of nitrogens with two attached hydrogens (primary N) is 1. The summed E-state index contributed by atoms with van der Waals surface area (Å²) < 4.78 is 6.20. The normalized spacial score (nSPS) is 19.3. The molecule has 0 heterocycles. The molecule has 1 aliphatic carbocycles. The van der Waals surface area contributed by atoms with E-state index in [1.807, 2.05) is 0 Å². The molecule has 0 bridgehead atoms. The minimum atomic E-state index is 0.0265. The molecule has 2 N–H and O–H groups in total. The summed E-state index contributed by atoms with van der Waals surface area (Å²) in [6.07, 6.45) is 17.1. The van der Waals surface area contributed by atoms with Crippen molar-refractivity contribution in [2.45, 2.75) is 96.0 Å². The van der Waals surface area contributed by atoms with Crippen LogP contribution < -0.4 is 5.73 Å². The standard InChI is InChI=1S/C17H35NO/c1-2-3-4-5-6-9-12-15-19-17(16-18)13-10-7-8-11-14-17/h2-16,18H2,1H3. The average Bonchev–Trinajstić information content (AvgIpc) is 2.68. The second-order valence-electron chi connectivity index (χ2n) is 6.27. The quantitative estimate of drug-likeness (QED) is 0.456. The van der Waals surface area contributed by atoms with Crippen LogP contribution in [0.5, 0.6) is 0 Å². The zero-order valence-electron chi connectivity index (χ0n) is 13.1. The lowest BCUT2D eigenvalue weighted by atomic mass is 9.94. The Kier molecular flexibility index (Phi) is 9.54. The largest absolute Gasteiger partial charge is 0.374 e. The van der Waals surface area contributed by atoms with Crippen molar-refractivity contribution in [1.29, 1.82) is 0 Å². The first kappa shape index (κ1) is 17.0. The van der Waals surface area contributed by atoms with Crippen molar-refractivity contribution in [3.05, 3.63) is 0 Å². The zero-order valence-corrected chi connectivity index (χ0v) is 13.1. The smallest absolute Gasteiger partial charge is 0.0804 e. The summed E-state index contributed by atoms with van der Waals surface area (Å²) in [5.74, 6) is 0. The van der Waals surface area contributed by atoms with E-state index in [1.165, 1.54) is 83.5 Å². The van der Waals surface area contributed by atoms with Gasteiger partial charge in [0.05, 0.1) is 5.60 Å². The molecule has 0 aliphatic heterocycles. The van der Waals surface area contributed by atoms with Crippen molar-refractivity contribution in [1.82, 2.24) is 0 Å². The van der Waals surface area contributed by atoms with Crippen LogP contribution in [0.3, 0.4) is 0 Å². The Morgan fingerprint density at radius 1 is 0.842 bits per heavy atom. The molecule has 0 saturated heterocycles. The maximum atomic E-state index is 6.20. The van der Waals surface area contributed by atoms with Gasteiger partial charge in [-0.05, 0) is 19.3 Å². The summed E-state index contributed by atoms with van der Waals surface area (Å²) in [6.45, 7) is 3.90. The lowest BCUT2D eigenvalue weighted by Gasteiger charge is -2.31. The topological polar surface area (TPSA) is 35.2 Å². The van der Waals surface area contributed by atoms with Crippen LogP contribution in [0.1, 0.15) is 90.4 Å². The van der Waals surface area contributed by atoms with E-state index in [1.54, 1.807) is 0 Å². The molecule has 0 aromatic rings. The summed E-state index contributed by atoms with van der Waals surface area (Å²) in [5.41, 5.74) is 6.00. The maximum Gasteiger partial charge on any atom is 0.0804 e. The predicted octanol–water partition coefficient (Wildman–Crippen LogP) is 4.81. The van der Waals surface area contributed by atoms with Crippen LogP contribution in [0.4, 0.5) is 0 Å². The number of unbranched alkanes of at least 4 members (excludes halogenated alkanes) is 6. The number of hydrogen-bond donors (Lipinski definition) is 1. The van der Waals surface area contributed by atoms with Gasteiger partial charge in [-0.25, -0.2) is 0 Å². The highest BCUT2D eigenvalue weighted by Crippen LogP contribution is 2.29. The minimum Gasteiger partial charge on any atom is -0.374 e. The average molecular weight is 269 g/mol. The first-order chi connectivity index (χ1) is 9.33. The van der Waals surface area contributed by atoms with Gasteiger partial charge in [0.2, 0.25) is 0 Å². The van der Waals surface area contributed by atoms with E-state index in [0.29, 0.717) is 6.54 Å². The fraction of sp³-hybridized carbons (Fsp3) is 1.00. The molecule has 0 aromatic carbocycles. The summed E-state index contributed by atoms with van der Waals surface area (Å²) in [6, 6.07) is 0. The van der Waals surface area contributed by atoms with Crippen LogP contribution in [-0.2, 0) is 4.74 Å². The van der Waals surface area contributed by atoms with E-state index in [-0.39, 0.29) is 5.60 Å². The Labute approximate surface area is 120 Å². The summed E-state index contributed by atoms with van der Waals surface area (Å²) in [5, 5.41) is 0. The molecular formula is C17H35NO. The lowest BCUT2D eigenvalue weighted by Crippen LogP contribution is -2.40. The molecule has 1 rings (SSSR count). The van der Waals surface area contributed by atoms with Crippen molar-refractivity contribution in [2.75, 3.05) is 13.2 Å². The molecule has 0 spiro atoms. The van der Waals surface area contributed by atoms with Crippen LogP contribution in [0, 0.1) is 0 Å². The van der Waals surface area contributed by atoms with Gasteiger partial charge >= 0.3 is 0 Å². The highest BCUT2D eigenvalue weighted by Gasteiger charge is 2.29. The molecule has 0 unspecified atom stereocenters. The van der Waals surface area contributed by atoms with Crippen LogP contribution in [0.25, 0.3) is 0 Å². The van der Waals surface area contributed by atoms with E-state index >= 15 is 0 Å².